The highest BCUT2D eigenvalue weighted by Crippen LogP contribution is 2.22. The topological polar surface area (TPSA) is 110 Å². The normalized spacial score (nSPS) is 14.0. The molecule has 0 bridgehead atoms. The Hall–Kier alpha value is -2.38. The van der Waals surface area contributed by atoms with Crippen molar-refractivity contribution in [3.63, 3.8) is 0 Å². The van der Waals surface area contributed by atoms with Crippen LogP contribution in [-0.4, -0.2) is 51.7 Å². The van der Waals surface area contributed by atoms with E-state index < -0.39 is 47.7 Å². The highest BCUT2D eigenvalue weighted by Gasteiger charge is 2.41. The molecule has 0 rings (SSSR count). The molecule has 0 aromatic heterocycles. The molecule has 1 N–H and O–H groups in total. The van der Waals surface area contributed by atoms with Crippen molar-refractivity contribution in [2.75, 3.05) is 0 Å². The lowest BCUT2D eigenvalue weighted by molar-refractivity contribution is -0.144. The first-order chi connectivity index (χ1) is 11.2. The molecule has 0 aliphatic carbocycles. The van der Waals surface area contributed by atoms with Crippen LogP contribution in [0.3, 0.4) is 0 Å². The number of aliphatic carboxylic acids is 1. The second-order valence-electron chi connectivity index (χ2n) is 7.40. The van der Waals surface area contributed by atoms with Gasteiger partial charge in [0.05, 0.1) is 12.0 Å². The van der Waals surface area contributed by atoms with Crippen LogP contribution in [0.5, 0.6) is 0 Å². The largest absolute Gasteiger partial charge is 0.481 e. The van der Waals surface area contributed by atoms with Gasteiger partial charge in [-0.2, -0.15) is 0 Å². The quantitative estimate of drug-likeness (QED) is 0.574. The van der Waals surface area contributed by atoms with E-state index in [1.807, 2.05) is 0 Å². The molecule has 1 unspecified atom stereocenters. The fraction of sp³-hybridized carbons (Fsp3) is 0.647. The van der Waals surface area contributed by atoms with Crippen molar-refractivity contribution >= 4 is 24.4 Å². The van der Waals surface area contributed by atoms with E-state index in [0.717, 1.165) is 6.08 Å². The summed E-state index contributed by atoms with van der Waals surface area (Å²) < 4.78 is 10.4. The molecular weight excluding hydrogens is 330 g/mol. The van der Waals surface area contributed by atoms with E-state index in [0.29, 0.717) is 11.2 Å². The van der Waals surface area contributed by atoms with E-state index in [9.17, 15) is 24.3 Å². The molecule has 0 aromatic carbocycles. The summed E-state index contributed by atoms with van der Waals surface area (Å²) in [5, 5.41) is 9.35. The third kappa shape index (κ3) is 7.82. The van der Waals surface area contributed by atoms with Crippen LogP contribution in [0.2, 0.25) is 0 Å². The average Bonchev–Trinajstić information content (AvgIpc) is 2.37. The highest BCUT2D eigenvalue weighted by atomic mass is 16.6. The standard InChI is InChI=1S/C17H27NO7/c1-8-12(11(9-10-19)13(20)21)18(14(22)24-16(2,3)4)15(23)25-17(5,6)7/h8,10-12H,1,9H2,2-7H3,(H,20,21)/t11?,12-/m0/s1. The number of hydrogen-bond donors (Lipinski definition) is 1. The maximum absolute atomic E-state index is 12.5. The zero-order valence-corrected chi connectivity index (χ0v) is 15.6. The van der Waals surface area contributed by atoms with Crippen LogP contribution in [0.1, 0.15) is 48.0 Å². The number of carboxylic acid groups (broad SMARTS) is 1. The second-order valence-corrected chi connectivity index (χ2v) is 7.40. The number of hydrogen-bond acceptors (Lipinski definition) is 6. The Bertz CT molecular complexity index is 500. The Morgan fingerprint density at radius 1 is 1.04 bits per heavy atom. The van der Waals surface area contributed by atoms with E-state index in [1.54, 1.807) is 41.5 Å². The van der Waals surface area contributed by atoms with Gasteiger partial charge < -0.3 is 19.4 Å². The number of carbonyl (C=O) groups excluding carboxylic acids is 3. The molecule has 2 amide bonds. The Balaban J connectivity index is 5.92. The molecule has 0 heterocycles. The van der Waals surface area contributed by atoms with Crippen molar-refractivity contribution in [1.82, 2.24) is 4.90 Å². The number of amides is 2. The Morgan fingerprint density at radius 2 is 1.44 bits per heavy atom. The van der Waals surface area contributed by atoms with Crippen molar-refractivity contribution in [2.24, 2.45) is 5.92 Å². The molecule has 0 radical (unpaired) electrons. The molecule has 2 atom stereocenters. The highest BCUT2D eigenvalue weighted by molar-refractivity contribution is 5.90. The molecule has 142 valence electrons. The maximum Gasteiger partial charge on any atom is 0.420 e. The second kappa shape index (κ2) is 8.64. The molecule has 25 heavy (non-hydrogen) atoms. The monoisotopic (exact) mass is 357 g/mol. The van der Waals surface area contributed by atoms with Gasteiger partial charge in [-0.25, -0.2) is 14.5 Å². The summed E-state index contributed by atoms with van der Waals surface area (Å²) in [6, 6.07) is -1.31. The number of carboxylic acids is 1. The molecule has 8 nitrogen and oxygen atoms in total. The molecule has 0 aromatic rings. The van der Waals surface area contributed by atoms with E-state index >= 15 is 0 Å². The first kappa shape index (κ1) is 22.6. The maximum atomic E-state index is 12.5. The predicted molar refractivity (Wildman–Crippen MR) is 90.1 cm³/mol. The molecule has 0 saturated carbocycles. The lowest BCUT2D eigenvalue weighted by Gasteiger charge is -2.34. The summed E-state index contributed by atoms with van der Waals surface area (Å²) in [5.41, 5.74) is -1.85. The van der Waals surface area contributed by atoms with Gasteiger partial charge in [0.2, 0.25) is 0 Å². The third-order valence-electron chi connectivity index (χ3n) is 2.80. The van der Waals surface area contributed by atoms with Crippen LogP contribution in [0.25, 0.3) is 0 Å². The van der Waals surface area contributed by atoms with Gasteiger partial charge in [0, 0.05) is 6.42 Å². The van der Waals surface area contributed by atoms with Gasteiger partial charge in [0.25, 0.3) is 0 Å². The SMILES string of the molecule is C=C[C@@H](C(CC=O)C(=O)O)N(C(=O)OC(C)(C)C)C(=O)OC(C)(C)C. The van der Waals surface area contributed by atoms with Crippen LogP contribution < -0.4 is 0 Å². The van der Waals surface area contributed by atoms with Gasteiger partial charge in [0.15, 0.2) is 0 Å². The lowest BCUT2D eigenvalue weighted by atomic mass is 9.95. The average molecular weight is 357 g/mol. The van der Waals surface area contributed by atoms with Crippen LogP contribution in [-0.2, 0) is 19.1 Å². The fourth-order valence-corrected chi connectivity index (χ4v) is 1.88. The molecule has 8 heteroatoms. The van der Waals surface area contributed by atoms with Crippen LogP contribution in [0.4, 0.5) is 9.59 Å². The molecule has 0 aliphatic heterocycles. The Labute approximate surface area is 147 Å². The van der Waals surface area contributed by atoms with Crippen molar-refractivity contribution in [3.05, 3.63) is 12.7 Å². The van der Waals surface area contributed by atoms with Crippen LogP contribution >= 0.6 is 0 Å². The minimum atomic E-state index is -1.37. The van der Waals surface area contributed by atoms with Gasteiger partial charge in [-0.05, 0) is 41.5 Å². The first-order valence-electron chi connectivity index (χ1n) is 7.77. The summed E-state index contributed by atoms with van der Waals surface area (Å²) in [6.45, 7) is 13.1. The van der Waals surface area contributed by atoms with Crippen molar-refractivity contribution in [3.8, 4) is 0 Å². The summed E-state index contributed by atoms with van der Waals surface area (Å²) in [6.07, 6.45) is -1.06. The molecular formula is C17H27NO7. The summed E-state index contributed by atoms with van der Waals surface area (Å²) in [5.74, 6) is -2.72. The van der Waals surface area contributed by atoms with E-state index in [1.165, 1.54) is 0 Å². The minimum Gasteiger partial charge on any atom is -0.481 e. The smallest absolute Gasteiger partial charge is 0.420 e. The first-order valence-corrected chi connectivity index (χ1v) is 7.77. The van der Waals surface area contributed by atoms with Gasteiger partial charge >= 0.3 is 18.2 Å². The van der Waals surface area contributed by atoms with E-state index in [-0.39, 0.29) is 0 Å². The van der Waals surface area contributed by atoms with E-state index in [4.69, 9.17) is 9.47 Å². The predicted octanol–water partition coefficient (Wildman–Crippen LogP) is 3.00. The third-order valence-corrected chi connectivity index (χ3v) is 2.80. The zero-order chi connectivity index (χ0) is 20.0. The Morgan fingerprint density at radius 3 is 1.68 bits per heavy atom. The summed E-state index contributed by atoms with van der Waals surface area (Å²) in [7, 11) is 0. The van der Waals surface area contributed by atoms with Crippen molar-refractivity contribution < 1.29 is 33.8 Å². The zero-order valence-electron chi connectivity index (χ0n) is 15.6. The number of rotatable bonds is 6. The molecule has 0 fully saturated rings. The Kier molecular flexibility index (Phi) is 7.82. The summed E-state index contributed by atoms with van der Waals surface area (Å²) in [4.78, 5) is 47.8. The lowest BCUT2D eigenvalue weighted by Crippen LogP contribution is -2.52. The number of aldehydes is 1. The minimum absolute atomic E-state index is 0.400. The number of nitrogens with zero attached hydrogens (tertiary/aromatic N) is 1. The van der Waals surface area contributed by atoms with Crippen LogP contribution in [0.15, 0.2) is 12.7 Å². The fourth-order valence-electron chi connectivity index (χ4n) is 1.88. The van der Waals surface area contributed by atoms with Crippen LogP contribution in [0, 0.1) is 5.92 Å². The number of ether oxygens (including phenoxy) is 2. The van der Waals surface area contributed by atoms with E-state index in [2.05, 4.69) is 6.58 Å². The number of carbonyl (C=O) groups is 4. The molecule has 0 aliphatic rings. The summed E-state index contributed by atoms with van der Waals surface area (Å²) >= 11 is 0. The molecule has 0 saturated heterocycles. The van der Waals surface area contributed by atoms with Gasteiger partial charge in [-0.1, -0.05) is 6.08 Å². The van der Waals surface area contributed by atoms with Crippen molar-refractivity contribution in [2.45, 2.75) is 65.2 Å². The van der Waals surface area contributed by atoms with Crippen molar-refractivity contribution in [1.29, 1.82) is 0 Å². The van der Waals surface area contributed by atoms with Gasteiger partial charge in [-0.15, -0.1) is 6.58 Å². The van der Waals surface area contributed by atoms with Gasteiger partial charge in [-0.3, -0.25) is 4.79 Å². The number of imide groups is 1. The molecule has 0 spiro atoms. The van der Waals surface area contributed by atoms with Gasteiger partial charge in [0.1, 0.15) is 17.5 Å².